The van der Waals surface area contributed by atoms with Crippen molar-refractivity contribution in [3.8, 4) is 0 Å². The minimum Gasteiger partial charge on any atom is -0.385 e. The zero-order valence-corrected chi connectivity index (χ0v) is 12.7. The zero-order valence-electron chi connectivity index (χ0n) is 12.7. The quantitative estimate of drug-likeness (QED) is 0.832. The number of anilines is 1. The fraction of sp³-hybridized carbons (Fsp3) is 0.471. The number of hydrogen-bond acceptors (Lipinski definition) is 3. The second-order valence-electron chi connectivity index (χ2n) is 5.00. The topological polar surface area (TPSA) is 34.1 Å². The summed E-state index contributed by atoms with van der Waals surface area (Å²) >= 11 is 0. The number of rotatable bonds is 7. The normalized spacial score (nSPS) is 10.9. The monoisotopic (exact) mass is 272 g/mol. The molecule has 108 valence electrons. The van der Waals surface area contributed by atoms with E-state index >= 15 is 0 Å². The number of hydrogen-bond donors (Lipinski definition) is 1. The lowest BCUT2D eigenvalue weighted by Gasteiger charge is -2.13. The van der Waals surface area contributed by atoms with E-state index in [-0.39, 0.29) is 0 Å². The molecule has 0 aliphatic rings. The Kier molecular flexibility index (Phi) is 5.36. The molecule has 3 nitrogen and oxygen atoms in total. The molecule has 0 aliphatic carbocycles. The van der Waals surface area contributed by atoms with E-state index in [4.69, 9.17) is 9.72 Å². The van der Waals surface area contributed by atoms with Gasteiger partial charge in [-0.25, -0.2) is 0 Å². The molecule has 2 aromatic rings. The number of nitrogens with one attached hydrogen (secondary N) is 1. The van der Waals surface area contributed by atoms with E-state index in [9.17, 15) is 0 Å². The third kappa shape index (κ3) is 3.28. The largest absolute Gasteiger partial charge is 0.385 e. The van der Waals surface area contributed by atoms with Crippen molar-refractivity contribution in [1.29, 1.82) is 0 Å². The lowest BCUT2D eigenvalue weighted by Crippen LogP contribution is -2.03. The second-order valence-corrected chi connectivity index (χ2v) is 5.00. The van der Waals surface area contributed by atoms with Crippen LogP contribution in [0.15, 0.2) is 24.3 Å². The smallest absolute Gasteiger partial charge is 0.0758 e. The van der Waals surface area contributed by atoms with Gasteiger partial charge in [0, 0.05) is 30.4 Å². The van der Waals surface area contributed by atoms with Crippen molar-refractivity contribution >= 4 is 16.6 Å². The summed E-state index contributed by atoms with van der Waals surface area (Å²) in [7, 11) is 1.74. The minimum atomic E-state index is 0.731. The van der Waals surface area contributed by atoms with Gasteiger partial charge in [0.2, 0.25) is 0 Å². The summed E-state index contributed by atoms with van der Waals surface area (Å²) in [6.45, 7) is 5.97. The number of aryl methyl sites for hydroxylation is 1. The fourth-order valence-corrected chi connectivity index (χ4v) is 2.50. The number of pyridine rings is 1. The number of nitrogens with zero attached hydrogens (tertiary/aromatic N) is 1. The molecule has 1 heterocycles. The van der Waals surface area contributed by atoms with Crippen molar-refractivity contribution in [3.05, 3.63) is 35.5 Å². The van der Waals surface area contributed by atoms with Gasteiger partial charge in [0.25, 0.3) is 0 Å². The highest BCUT2D eigenvalue weighted by Crippen LogP contribution is 2.26. The van der Waals surface area contributed by atoms with Gasteiger partial charge in [-0.05, 0) is 31.4 Å². The highest BCUT2D eigenvalue weighted by molar-refractivity contribution is 5.93. The van der Waals surface area contributed by atoms with Crippen LogP contribution < -0.4 is 5.32 Å². The Morgan fingerprint density at radius 1 is 1.20 bits per heavy atom. The summed E-state index contributed by atoms with van der Waals surface area (Å²) in [4.78, 5) is 4.87. The summed E-state index contributed by atoms with van der Waals surface area (Å²) in [5.74, 6) is 0. The van der Waals surface area contributed by atoms with Crippen LogP contribution in [-0.4, -0.2) is 25.2 Å². The summed E-state index contributed by atoms with van der Waals surface area (Å²) in [6, 6.07) is 8.59. The van der Waals surface area contributed by atoms with E-state index in [0.29, 0.717) is 0 Å². The number of ether oxygens (including phenoxy) is 1. The van der Waals surface area contributed by atoms with E-state index in [1.807, 2.05) is 0 Å². The van der Waals surface area contributed by atoms with E-state index in [2.05, 4.69) is 43.4 Å². The minimum absolute atomic E-state index is 0.731. The van der Waals surface area contributed by atoms with Gasteiger partial charge >= 0.3 is 0 Å². The average molecular weight is 272 g/mol. The summed E-state index contributed by atoms with van der Waals surface area (Å²) in [6.07, 6.45) is 3.04. The van der Waals surface area contributed by atoms with Crippen LogP contribution >= 0.6 is 0 Å². The molecule has 1 aromatic heterocycles. The average Bonchev–Trinajstić information content (AvgIpc) is 2.46. The highest BCUT2D eigenvalue weighted by atomic mass is 16.5. The molecule has 20 heavy (non-hydrogen) atoms. The van der Waals surface area contributed by atoms with Crippen molar-refractivity contribution in [2.75, 3.05) is 25.6 Å². The summed E-state index contributed by atoms with van der Waals surface area (Å²) < 4.78 is 5.21. The molecule has 1 N–H and O–H groups in total. The van der Waals surface area contributed by atoms with Crippen LogP contribution in [-0.2, 0) is 17.6 Å². The van der Waals surface area contributed by atoms with Crippen LogP contribution in [0.25, 0.3) is 10.9 Å². The molecule has 0 amide bonds. The number of para-hydroxylation sites is 1. The SMILES string of the molecule is CCCc1cc(NCC)c2cccc(CCOC)c2n1. The predicted octanol–water partition coefficient (Wildman–Crippen LogP) is 3.81. The fourth-order valence-electron chi connectivity index (χ4n) is 2.50. The Bertz CT molecular complexity index is 566. The van der Waals surface area contributed by atoms with Gasteiger partial charge in [-0.15, -0.1) is 0 Å². The van der Waals surface area contributed by atoms with E-state index in [0.717, 1.165) is 37.9 Å². The Labute approximate surface area is 121 Å². The first-order chi connectivity index (χ1) is 9.80. The van der Waals surface area contributed by atoms with Crippen molar-refractivity contribution in [3.63, 3.8) is 0 Å². The maximum Gasteiger partial charge on any atom is 0.0758 e. The molecule has 2 rings (SSSR count). The maximum atomic E-state index is 5.21. The number of methoxy groups -OCH3 is 1. The molecule has 0 spiro atoms. The first-order valence-corrected chi connectivity index (χ1v) is 7.44. The maximum absolute atomic E-state index is 5.21. The highest BCUT2D eigenvalue weighted by Gasteiger charge is 2.08. The number of fused-ring (bicyclic) bond motifs is 1. The Morgan fingerprint density at radius 3 is 2.75 bits per heavy atom. The molecule has 0 radical (unpaired) electrons. The molecule has 0 atom stereocenters. The first-order valence-electron chi connectivity index (χ1n) is 7.44. The summed E-state index contributed by atoms with van der Waals surface area (Å²) in [5.41, 5.74) is 4.74. The zero-order chi connectivity index (χ0) is 14.4. The molecular formula is C17H24N2O. The van der Waals surface area contributed by atoms with Gasteiger partial charge < -0.3 is 10.1 Å². The van der Waals surface area contributed by atoms with Crippen LogP contribution in [0.5, 0.6) is 0 Å². The lowest BCUT2D eigenvalue weighted by atomic mass is 10.0. The van der Waals surface area contributed by atoms with Gasteiger partial charge in [0.1, 0.15) is 0 Å². The predicted molar refractivity (Wildman–Crippen MR) is 85.5 cm³/mol. The van der Waals surface area contributed by atoms with Crippen molar-refractivity contribution in [2.45, 2.75) is 33.1 Å². The van der Waals surface area contributed by atoms with Gasteiger partial charge in [-0.1, -0.05) is 31.5 Å². The third-order valence-electron chi connectivity index (χ3n) is 3.43. The standard InChI is InChI=1S/C17H24N2O/c1-4-7-14-12-16(18-5-2)15-9-6-8-13(10-11-20-3)17(15)19-14/h6,8-9,12H,4-5,7,10-11H2,1-3H3,(H,18,19). The van der Waals surface area contributed by atoms with Crippen molar-refractivity contribution < 1.29 is 4.74 Å². The molecule has 3 heteroatoms. The molecule has 0 fully saturated rings. The van der Waals surface area contributed by atoms with Crippen LogP contribution in [0.1, 0.15) is 31.5 Å². The molecule has 1 aromatic carbocycles. The van der Waals surface area contributed by atoms with E-state index in [1.54, 1.807) is 7.11 Å². The molecule has 0 aliphatic heterocycles. The second kappa shape index (κ2) is 7.25. The molecule has 0 saturated carbocycles. The Hall–Kier alpha value is -1.61. The van der Waals surface area contributed by atoms with Gasteiger partial charge in [-0.3, -0.25) is 4.98 Å². The lowest BCUT2D eigenvalue weighted by molar-refractivity contribution is 0.202. The van der Waals surface area contributed by atoms with Gasteiger partial charge in [-0.2, -0.15) is 0 Å². The van der Waals surface area contributed by atoms with E-state index in [1.165, 1.54) is 22.3 Å². The number of aromatic nitrogens is 1. The first kappa shape index (κ1) is 14.8. The van der Waals surface area contributed by atoms with Crippen LogP contribution in [0.3, 0.4) is 0 Å². The molecular weight excluding hydrogens is 248 g/mol. The summed E-state index contributed by atoms with van der Waals surface area (Å²) in [5, 5.41) is 4.67. The van der Waals surface area contributed by atoms with E-state index < -0.39 is 0 Å². The third-order valence-corrected chi connectivity index (χ3v) is 3.43. The van der Waals surface area contributed by atoms with Crippen molar-refractivity contribution in [1.82, 2.24) is 4.98 Å². The van der Waals surface area contributed by atoms with Crippen LogP contribution in [0.4, 0.5) is 5.69 Å². The van der Waals surface area contributed by atoms with Crippen LogP contribution in [0, 0.1) is 0 Å². The molecule has 0 unspecified atom stereocenters. The molecule has 0 bridgehead atoms. The van der Waals surface area contributed by atoms with Gasteiger partial charge in [0.05, 0.1) is 12.1 Å². The Balaban J connectivity index is 2.53. The molecule has 0 saturated heterocycles. The van der Waals surface area contributed by atoms with Gasteiger partial charge in [0.15, 0.2) is 0 Å². The van der Waals surface area contributed by atoms with Crippen molar-refractivity contribution in [2.24, 2.45) is 0 Å². The Morgan fingerprint density at radius 2 is 2.05 bits per heavy atom. The number of benzene rings is 1. The van der Waals surface area contributed by atoms with Crippen LogP contribution in [0.2, 0.25) is 0 Å².